The molecule has 3 heteroatoms. The van der Waals surface area contributed by atoms with Crippen LogP contribution >= 0.6 is 11.6 Å². The van der Waals surface area contributed by atoms with Crippen molar-refractivity contribution in [1.29, 1.82) is 0 Å². The van der Waals surface area contributed by atoms with Crippen molar-refractivity contribution in [2.75, 3.05) is 0 Å². The van der Waals surface area contributed by atoms with Crippen molar-refractivity contribution in [3.8, 4) is 0 Å². The van der Waals surface area contributed by atoms with Crippen LogP contribution < -0.4 is 0 Å². The number of aromatic nitrogens is 2. The Morgan fingerprint density at radius 2 is 2.20 bits per heavy atom. The second kappa shape index (κ2) is 5.40. The number of nitrogens with zero attached hydrogens (tertiary/aromatic N) is 2. The third-order valence-corrected chi connectivity index (χ3v) is 4.91. The van der Waals surface area contributed by atoms with Gasteiger partial charge in [-0.3, -0.25) is 0 Å². The lowest BCUT2D eigenvalue weighted by molar-refractivity contribution is 0.322. The summed E-state index contributed by atoms with van der Waals surface area (Å²) in [7, 11) is 0. The summed E-state index contributed by atoms with van der Waals surface area (Å²) in [5.74, 6) is 1.24. The van der Waals surface area contributed by atoms with Crippen LogP contribution in [0, 0.1) is 5.41 Å². The summed E-state index contributed by atoms with van der Waals surface area (Å²) in [6.45, 7) is 5.64. The monoisotopic (exact) mass is 290 g/mol. The Kier molecular flexibility index (Phi) is 3.76. The summed E-state index contributed by atoms with van der Waals surface area (Å²) in [5, 5.41) is 0.351. The minimum Gasteiger partial charge on any atom is -0.328 e. The second-order valence-electron chi connectivity index (χ2n) is 6.50. The Bertz CT molecular complexity index is 604. The van der Waals surface area contributed by atoms with E-state index in [2.05, 4.69) is 42.7 Å². The fourth-order valence-electron chi connectivity index (χ4n) is 3.52. The van der Waals surface area contributed by atoms with E-state index in [1.54, 1.807) is 0 Å². The summed E-state index contributed by atoms with van der Waals surface area (Å²) in [6, 6.07) is 8.47. The largest absolute Gasteiger partial charge is 0.328 e. The van der Waals surface area contributed by atoms with Gasteiger partial charge in [-0.1, -0.05) is 26.0 Å². The zero-order valence-electron chi connectivity index (χ0n) is 12.4. The van der Waals surface area contributed by atoms with Crippen LogP contribution in [0.15, 0.2) is 24.3 Å². The van der Waals surface area contributed by atoms with Gasteiger partial charge in [-0.15, -0.1) is 11.6 Å². The molecule has 1 aliphatic carbocycles. The summed E-state index contributed by atoms with van der Waals surface area (Å²) in [4.78, 5) is 4.88. The molecule has 108 valence electrons. The van der Waals surface area contributed by atoms with Gasteiger partial charge >= 0.3 is 0 Å². The molecule has 0 spiro atoms. The molecule has 0 aliphatic heterocycles. The molecule has 0 saturated heterocycles. The molecule has 1 fully saturated rings. The van der Waals surface area contributed by atoms with Crippen LogP contribution in [0.3, 0.4) is 0 Å². The highest BCUT2D eigenvalue weighted by Crippen LogP contribution is 2.42. The van der Waals surface area contributed by atoms with Gasteiger partial charge < -0.3 is 4.57 Å². The quantitative estimate of drug-likeness (QED) is 0.741. The van der Waals surface area contributed by atoms with Gasteiger partial charge in [0.05, 0.1) is 11.0 Å². The van der Waals surface area contributed by atoms with E-state index in [9.17, 15) is 0 Å². The van der Waals surface area contributed by atoms with Crippen molar-refractivity contribution in [3.63, 3.8) is 0 Å². The molecule has 0 radical (unpaired) electrons. The van der Waals surface area contributed by atoms with Crippen LogP contribution in [0.4, 0.5) is 0 Å². The van der Waals surface area contributed by atoms with Crippen molar-refractivity contribution in [2.45, 2.75) is 57.9 Å². The molecule has 0 bridgehead atoms. The van der Waals surface area contributed by atoms with Gasteiger partial charge in [0.25, 0.3) is 0 Å². The molecule has 1 aromatic carbocycles. The van der Waals surface area contributed by atoms with Crippen LogP contribution in [0.25, 0.3) is 11.0 Å². The van der Waals surface area contributed by atoms with Crippen molar-refractivity contribution in [3.05, 3.63) is 30.1 Å². The van der Waals surface area contributed by atoms with Crippen molar-refractivity contribution >= 4 is 22.6 Å². The molecule has 20 heavy (non-hydrogen) atoms. The molecule has 1 saturated carbocycles. The molecule has 3 rings (SSSR count). The summed E-state index contributed by atoms with van der Waals surface area (Å²) >= 11 is 6.32. The summed E-state index contributed by atoms with van der Waals surface area (Å²) in [6.07, 6.45) is 5.67. The number of alkyl halides is 1. The number of imidazole rings is 1. The summed E-state index contributed by atoms with van der Waals surface area (Å²) in [5.41, 5.74) is 2.72. The molecule has 2 atom stereocenters. The first-order chi connectivity index (χ1) is 9.61. The van der Waals surface area contributed by atoms with Gasteiger partial charge in [0.2, 0.25) is 0 Å². The zero-order chi connectivity index (χ0) is 14.2. The fraction of sp³-hybridized carbons (Fsp3) is 0.588. The highest BCUT2D eigenvalue weighted by Gasteiger charge is 2.35. The first-order valence-corrected chi connectivity index (χ1v) is 8.13. The number of benzene rings is 1. The first kappa shape index (κ1) is 13.9. The molecule has 2 aromatic rings. The van der Waals surface area contributed by atoms with E-state index in [1.807, 2.05) is 0 Å². The van der Waals surface area contributed by atoms with Crippen molar-refractivity contribution in [1.82, 2.24) is 9.55 Å². The molecule has 1 aromatic heterocycles. The number of halogens is 1. The Labute approximate surface area is 126 Å². The van der Waals surface area contributed by atoms with Gasteiger partial charge in [0.15, 0.2) is 0 Å². The molecule has 0 N–H and O–H groups in total. The normalized spacial score (nSPS) is 26.4. The minimum absolute atomic E-state index is 0.319. The van der Waals surface area contributed by atoms with Gasteiger partial charge in [0.1, 0.15) is 5.82 Å². The highest BCUT2D eigenvalue weighted by molar-refractivity contribution is 6.20. The molecule has 2 nitrogen and oxygen atoms in total. The SMILES string of the molecule is CCCn1c(CC2(C)CCC(Cl)C2)nc2ccccc21. The number of hydrogen-bond donors (Lipinski definition) is 0. The highest BCUT2D eigenvalue weighted by atomic mass is 35.5. The molecule has 1 heterocycles. The van der Waals surface area contributed by atoms with Crippen LogP contribution in [0.1, 0.15) is 45.4 Å². The standard InChI is InChI=1S/C17H23ClN2/c1-3-10-20-15-7-5-4-6-14(15)19-16(20)12-17(2)9-8-13(18)11-17/h4-7,13H,3,8-12H2,1-2H3. The predicted molar refractivity (Wildman–Crippen MR) is 85.3 cm³/mol. The van der Waals surface area contributed by atoms with Gasteiger partial charge in [-0.05, 0) is 43.2 Å². The maximum atomic E-state index is 6.32. The molecular weight excluding hydrogens is 268 g/mol. The maximum Gasteiger partial charge on any atom is 0.110 e. The minimum atomic E-state index is 0.319. The Hall–Kier alpha value is -1.02. The third kappa shape index (κ3) is 2.58. The molecule has 0 amide bonds. The average Bonchev–Trinajstić information content (AvgIpc) is 2.92. The lowest BCUT2D eigenvalue weighted by Crippen LogP contribution is -2.19. The Morgan fingerprint density at radius 1 is 1.40 bits per heavy atom. The van der Waals surface area contributed by atoms with Crippen LogP contribution in [-0.4, -0.2) is 14.9 Å². The maximum absolute atomic E-state index is 6.32. The molecule has 1 aliphatic rings. The van der Waals surface area contributed by atoms with E-state index in [4.69, 9.17) is 16.6 Å². The van der Waals surface area contributed by atoms with E-state index < -0.39 is 0 Å². The van der Waals surface area contributed by atoms with Crippen LogP contribution in [-0.2, 0) is 13.0 Å². The fourth-order valence-corrected chi connectivity index (χ4v) is 4.00. The number of para-hydroxylation sites is 2. The topological polar surface area (TPSA) is 17.8 Å². The number of rotatable bonds is 4. The Morgan fingerprint density at radius 3 is 2.90 bits per heavy atom. The van der Waals surface area contributed by atoms with E-state index >= 15 is 0 Å². The lowest BCUT2D eigenvalue weighted by Gasteiger charge is -2.23. The zero-order valence-corrected chi connectivity index (χ0v) is 13.2. The van der Waals surface area contributed by atoms with Gasteiger partial charge in [-0.2, -0.15) is 0 Å². The van der Waals surface area contributed by atoms with E-state index in [0.717, 1.165) is 37.7 Å². The van der Waals surface area contributed by atoms with Crippen molar-refractivity contribution in [2.24, 2.45) is 5.41 Å². The summed E-state index contributed by atoms with van der Waals surface area (Å²) < 4.78 is 2.40. The first-order valence-electron chi connectivity index (χ1n) is 7.69. The predicted octanol–water partition coefficient (Wildman–Crippen LogP) is 4.79. The lowest BCUT2D eigenvalue weighted by atomic mass is 9.85. The Balaban J connectivity index is 1.96. The number of hydrogen-bond acceptors (Lipinski definition) is 1. The average molecular weight is 291 g/mol. The van der Waals surface area contributed by atoms with E-state index in [-0.39, 0.29) is 0 Å². The van der Waals surface area contributed by atoms with E-state index in [0.29, 0.717) is 10.8 Å². The molecular formula is C17H23ClN2. The smallest absolute Gasteiger partial charge is 0.110 e. The van der Waals surface area contributed by atoms with E-state index in [1.165, 1.54) is 17.8 Å². The third-order valence-electron chi connectivity index (χ3n) is 4.54. The van der Waals surface area contributed by atoms with Crippen LogP contribution in [0.2, 0.25) is 0 Å². The number of fused-ring (bicyclic) bond motifs is 1. The molecule has 2 unspecified atom stereocenters. The van der Waals surface area contributed by atoms with Crippen LogP contribution in [0.5, 0.6) is 0 Å². The van der Waals surface area contributed by atoms with Gasteiger partial charge in [-0.25, -0.2) is 4.98 Å². The van der Waals surface area contributed by atoms with Crippen molar-refractivity contribution < 1.29 is 0 Å². The number of aryl methyl sites for hydroxylation is 1. The second-order valence-corrected chi connectivity index (χ2v) is 7.11. The van der Waals surface area contributed by atoms with Gasteiger partial charge in [0, 0.05) is 18.3 Å².